The standard InChI is InChI=1S/C31H24FN7O/c1-19-27-28(20-10-12-21(32)13-11-20)38-25-8-4-3-7-24(25)35-29(34-22-14-16-23(40-2)17-15-22)31(38)36-30(27)39(37-19)26-9-5-6-18-33-26/h3-18,28H,1-2H3,(H,34,35)/t28-/m1/s1. The Kier molecular flexibility index (Phi) is 5.62. The van der Waals surface area contributed by atoms with Crippen LogP contribution in [0.25, 0.3) is 5.82 Å². The fourth-order valence-electron chi connectivity index (χ4n) is 5.21. The van der Waals surface area contributed by atoms with E-state index < -0.39 is 0 Å². The van der Waals surface area contributed by atoms with Gasteiger partial charge in [0.05, 0.1) is 30.2 Å². The maximum absolute atomic E-state index is 14.1. The van der Waals surface area contributed by atoms with Gasteiger partial charge in [0, 0.05) is 17.4 Å². The number of methoxy groups -OCH3 is 1. The summed E-state index contributed by atoms with van der Waals surface area (Å²) in [6.45, 7) is 1.97. The van der Waals surface area contributed by atoms with Gasteiger partial charge >= 0.3 is 0 Å². The SMILES string of the molecule is COc1ccc(NC2=Nc3ccccc3N3C2=Nc2c(c(C)nn2-c2ccccn2)[C@H]3c2ccc(F)cc2)cc1. The van der Waals surface area contributed by atoms with E-state index in [0.717, 1.165) is 39.6 Å². The molecule has 0 aliphatic carbocycles. The van der Waals surface area contributed by atoms with Crippen molar-refractivity contribution in [3.63, 3.8) is 0 Å². The number of ether oxygens (including phenoxy) is 1. The van der Waals surface area contributed by atoms with E-state index >= 15 is 0 Å². The number of fused-ring (bicyclic) bond motifs is 4. The molecular formula is C31H24FN7O. The van der Waals surface area contributed by atoms with Crippen LogP contribution in [0.3, 0.4) is 0 Å². The molecule has 2 aliphatic heterocycles. The molecule has 0 amide bonds. The fraction of sp³-hybridized carbons (Fsp3) is 0.0968. The number of pyridine rings is 1. The van der Waals surface area contributed by atoms with Gasteiger partial charge in [-0.15, -0.1) is 0 Å². The van der Waals surface area contributed by atoms with Crippen LogP contribution in [0.2, 0.25) is 0 Å². The lowest BCUT2D eigenvalue weighted by molar-refractivity contribution is 0.415. The summed E-state index contributed by atoms with van der Waals surface area (Å²) in [5.41, 5.74) is 5.15. The number of anilines is 2. The van der Waals surface area contributed by atoms with Crippen LogP contribution in [0.1, 0.15) is 22.9 Å². The van der Waals surface area contributed by atoms with Crippen LogP contribution in [0, 0.1) is 12.7 Å². The van der Waals surface area contributed by atoms with Crippen molar-refractivity contribution in [2.75, 3.05) is 17.3 Å². The summed E-state index contributed by atoms with van der Waals surface area (Å²) < 4.78 is 21.2. The minimum Gasteiger partial charge on any atom is -0.497 e. The zero-order chi connectivity index (χ0) is 27.2. The Morgan fingerprint density at radius 3 is 2.40 bits per heavy atom. The summed E-state index contributed by atoms with van der Waals surface area (Å²) >= 11 is 0. The number of aromatic nitrogens is 3. The number of amidine groups is 2. The average molecular weight is 530 g/mol. The van der Waals surface area contributed by atoms with Crippen molar-refractivity contribution in [1.82, 2.24) is 14.8 Å². The van der Waals surface area contributed by atoms with Gasteiger partial charge in [-0.25, -0.2) is 19.4 Å². The van der Waals surface area contributed by atoms with Crippen LogP contribution < -0.4 is 15.0 Å². The number of aliphatic imine (C=N–C) groups is 2. The third-order valence-electron chi connectivity index (χ3n) is 7.04. The molecule has 2 aromatic heterocycles. The molecule has 0 radical (unpaired) electrons. The fourth-order valence-corrected chi connectivity index (χ4v) is 5.21. The van der Waals surface area contributed by atoms with Crippen molar-refractivity contribution in [3.8, 4) is 11.6 Å². The molecule has 5 aromatic rings. The molecular weight excluding hydrogens is 505 g/mol. The molecule has 0 spiro atoms. The molecule has 0 bridgehead atoms. The Morgan fingerprint density at radius 1 is 0.875 bits per heavy atom. The smallest absolute Gasteiger partial charge is 0.179 e. The molecule has 1 N–H and O–H groups in total. The van der Waals surface area contributed by atoms with Gasteiger partial charge in [-0.1, -0.05) is 30.3 Å². The van der Waals surface area contributed by atoms with Gasteiger partial charge in [-0.3, -0.25) is 0 Å². The second kappa shape index (κ2) is 9.46. The highest BCUT2D eigenvalue weighted by molar-refractivity contribution is 6.51. The zero-order valence-corrected chi connectivity index (χ0v) is 21.8. The molecule has 3 aromatic carbocycles. The van der Waals surface area contributed by atoms with E-state index in [0.29, 0.717) is 23.3 Å². The second-order valence-electron chi connectivity index (χ2n) is 9.48. The number of nitrogens with one attached hydrogen (secondary N) is 1. The van der Waals surface area contributed by atoms with Crippen LogP contribution in [0.4, 0.5) is 27.3 Å². The largest absolute Gasteiger partial charge is 0.497 e. The second-order valence-corrected chi connectivity index (χ2v) is 9.48. The molecule has 1 atom stereocenters. The van der Waals surface area contributed by atoms with Gasteiger partial charge < -0.3 is 15.0 Å². The van der Waals surface area contributed by atoms with Gasteiger partial charge in [0.15, 0.2) is 23.3 Å². The highest BCUT2D eigenvalue weighted by Gasteiger charge is 2.41. The molecule has 40 heavy (non-hydrogen) atoms. The van der Waals surface area contributed by atoms with Crippen LogP contribution in [0.5, 0.6) is 5.75 Å². The number of aryl methyl sites for hydroxylation is 1. The summed E-state index contributed by atoms with van der Waals surface area (Å²) in [5, 5.41) is 8.34. The number of para-hydroxylation sites is 2. The zero-order valence-electron chi connectivity index (χ0n) is 21.8. The minimum absolute atomic E-state index is 0.294. The van der Waals surface area contributed by atoms with Crippen molar-refractivity contribution < 1.29 is 9.13 Å². The molecule has 0 saturated carbocycles. The monoisotopic (exact) mass is 529 g/mol. The number of nitrogens with zero attached hydrogens (tertiary/aromatic N) is 6. The summed E-state index contributed by atoms with van der Waals surface area (Å²) in [5.74, 6) is 2.97. The number of rotatable bonds is 4. The topological polar surface area (TPSA) is 79.9 Å². The first-order chi connectivity index (χ1) is 19.6. The first-order valence-corrected chi connectivity index (χ1v) is 12.8. The average Bonchev–Trinajstić information content (AvgIpc) is 3.33. The quantitative estimate of drug-likeness (QED) is 0.287. The van der Waals surface area contributed by atoms with Crippen LogP contribution >= 0.6 is 0 Å². The third kappa shape index (κ3) is 3.90. The Hall–Kier alpha value is -5.31. The van der Waals surface area contributed by atoms with E-state index in [2.05, 4.69) is 15.2 Å². The minimum atomic E-state index is -0.343. The van der Waals surface area contributed by atoms with Crippen molar-refractivity contribution in [2.45, 2.75) is 13.0 Å². The molecule has 0 fully saturated rings. The van der Waals surface area contributed by atoms with Crippen LogP contribution in [-0.4, -0.2) is 33.5 Å². The summed E-state index contributed by atoms with van der Waals surface area (Å²) in [4.78, 5) is 16.9. The van der Waals surface area contributed by atoms with E-state index in [1.165, 1.54) is 12.1 Å². The summed E-state index contributed by atoms with van der Waals surface area (Å²) in [7, 11) is 1.64. The van der Waals surface area contributed by atoms with Crippen LogP contribution in [-0.2, 0) is 0 Å². The molecule has 2 aliphatic rings. The highest BCUT2D eigenvalue weighted by Crippen LogP contribution is 2.48. The number of hydrogen-bond donors (Lipinski definition) is 1. The van der Waals surface area contributed by atoms with E-state index in [9.17, 15) is 4.39 Å². The van der Waals surface area contributed by atoms with Gasteiger partial charge in [0.25, 0.3) is 0 Å². The van der Waals surface area contributed by atoms with Crippen molar-refractivity contribution in [3.05, 3.63) is 120 Å². The van der Waals surface area contributed by atoms with Gasteiger partial charge in [0.2, 0.25) is 0 Å². The molecule has 7 rings (SSSR count). The Labute approximate surface area is 230 Å². The number of halogens is 1. The first kappa shape index (κ1) is 23.8. The molecule has 0 unspecified atom stereocenters. The Morgan fingerprint density at radius 2 is 1.65 bits per heavy atom. The molecule has 0 saturated heterocycles. The molecule has 8 nitrogen and oxygen atoms in total. The lowest BCUT2D eigenvalue weighted by Gasteiger charge is -2.40. The summed E-state index contributed by atoms with van der Waals surface area (Å²) in [6.07, 6.45) is 1.73. The van der Waals surface area contributed by atoms with E-state index in [4.69, 9.17) is 19.8 Å². The van der Waals surface area contributed by atoms with E-state index in [-0.39, 0.29) is 11.9 Å². The highest BCUT2D eigenvalue weighted by atomic mass is 19.1. The lowest BCUT2D eigenvalue weighted by atomic mass is 9.93. The van der Waals surface area contributed by atoms with Gasteiger partial charge in [-0.2, -0.15) is 9.78 Å². The van der Waals surface area contributed by atoms with Crippen molar-refractivity contribution >= 4 is 34.6 Å². The van der Waals surface area contributed by atoms with Gasteiger partial charge in [-0.05, 0) is 73.2 Å². The summed E-state index contributed by atoms with van der Waals surface area (Å²) in [6, 6.07) is 27.5. The van der Waals surface area contributed by atoms with E-state index in [1.807, 2.05) is 85.8 Å². The molecule has 196 valence electrons. The predicted molar refractivity (Wildman–Crippen MR) is 154 cm³/mol. The van der Waals surface area contributed by atoms with Gasteiger partial charge in [0.1, 0.15) is 11.6 Å². The van der Waals surface area contributed by atoms with Crippen LogP contribution in [0.15, 0.2) is 107 Å². The molecule has 9 heteroatoms. The third-order valence-corrected chi connectivity index (χ3v) is 7.04. The van der Waals surface area contributed by atoms with E-state index in [1.54, 1.807) is 18.0 Å². The van der Waals surface area contributed by atoms with Crippen molar-refractivity contribution in [1.29, 1.82) is 0 Å². The maximum Gasteiger partial charge on any atom is 0.179 e. The maximum atomic E-state index is 14.1. The predicted octanol–water partition coefficient (Wildman–Crippen LogP) is 6.52. The Balaban J connectivity index is 1.47. The molecule has 4 heterocycles. The number of benzene rings is 3. The Bertz CT molecular complexity index is 1780. The van der Waals surface area contributed by atoms with Crippen molar-refractivity contribution in [2.24, 2.45) is 9.98 Å². The first-order valence-electron chi connectivity index (χ1n) is 12.8. The normalized spacial score (nSPS) is 15.4. The number of hydrogen-bond acceptors (Lipinski definition) is 7. The lowest BCUT2D eigenvalue weighted by Crippen LogP contribution is -2.46.